The van der Waals surface area contributed by atoms with Gasteiger partial charge in [-0.05, 0) is 87.0 Å². The Bertz CT molecular complexity index is 1410. The third kappa shape index (κ3) is 27.6. The molecule has 6 N–H and O–H groups in total. The van der Waals surface area contributed by atoms with Gasteiger partial charge in [0.1, 0.15) is 0 Å². The lowest BCUT2D eigenvalue weighted by atomic mass is 10.1. The van der Waals surface area contributed by atoms with Crippen molar-refractivity contribution in [1.29, 1.82) is 0 Å². The molecule has 21 heteroatoms. The van der Waals surface area contributed by atoms with Crippen molar-refractivity contribution < 1.29 is 51.4 Å². The summed E-state index contributed by atoms with van der Waals surface area (Å²) in [5.74, 6) is 3.40. The Labute approximate surface area is 462 Å². The second kappa shape index (κ2) is 35.1. The lowest BCUT2D eigenvalue weighted by molar-refractivity contribution is 0.00695. The standard InChI is InChI=1S/C53H118N2O12Si7/c1-48(2)32-19-13-25-41-68(56)59-71(44-28-16-22-35-51(7)8)61-69(57,42-26-14-20-33-49(3)4)63-73(47-31-39-55-40-38-54)64-70(58,43-27-15-21-34-50(5)6)62-72(60-68,45-29-17-23-36-52(9)10)66-74(65-71,67-73)46-30-18-24-37-53(11)12/h48-53,55-58H,13-47,54H2,1-12H3/t68-,69?,70?,71+,72-,73?,74-. The van der Waals surface area contributed by atoms with E-state index in [0.29, 0.717) is 112 Å². The molecule has 0 aliphatic carbocycles. The Kier molecular flexibility index (Phi) is 32.8. The highest BCUT2D eigenvalue weighted by Crippen LogP contribution is 2.49. The lowest BCUT2D eigenvalue weighted by Crippen LogP contribution is -2.82. The zero-order chi connectivity index (χ0) is 54.8. The molecule has 3 unspecified atom stereocenters. The van der Waals surface area contributed by atoms with E-state index >= 15 is 0 Å². The molecular weight excluding hydrogens is 1050 g/mol. The maximum absolute atomic E-state index is 13.6. The van der Waals surface area contributed by atoms with Gasteiger partial charge in [0.15, 0.2) is 0 Å². The van der Waals surface area contributed by atoms with Gasteiger partial charge in [0.05, 0.1) is 0 Å². The van der Waals surface area contributed by atoms with Crippen LogP contribution in [0.3, 0.4) is 0 Å². The highest BCUT2D eigenvalue weighted by Gasteiger charge is 2.76. The van der Waals surface area contributed by atoms with Crippen LogP contribution >= 0.6 is 0 Å². The van der Waals surface area contributed by atoms with Gasteiger partial charge in [-0.3, -0.25) is 0 Å². The normalized spacial score (nSPS) is 29.8. The van der Waals surface area contributed by atoms with Crippen LogP contribution in [-0.4, -0.2) is 95.7 Å². The first kappa shape index (κ1) is 69.2. The van der Waals surface area contributed by atoms with Crippen molar-refractivity contribution in [3.63, 3.8) is 0 Å². The van der Waals surface area contributed by atoms with Crippen molar-refractivity contribution >= 4 is 61.6 Å². The molecule has 3 saturated heterocycles. The quantitative estimate of drug-likeness (QED) is 0.0288. The van der Waals surface area contributed by atoms with E-state index in [1.807, 2.05) is 0 Å². The summed E-state index contributed by atoms with van der Waals surface area (Å²) in [5, 5.41) is 3.45. The second-order valence-electron chi connectivity index (χ2n) is 25.4. The molecule has 0 aromatic carbocycles. The average Bonchev–Trinajstić information content (AvgIpc) is 3.26. The number of nitrogens with two attached hydrogens (primary N) is 1. The predicted molar refractivity (Wildman–Crippen MR) is 317 cm³/mol. The van der Waals surface area contributed by atoms with Gasteiger partial charge in [0.25, 0.3) is 0 Å². The third-order valence-electron chi connectivity index (χ3n) is 14.6. The van der Waals surface area contributed by atoms with Crippen LogP contribution in [-0.2, 0) is 37.0 Å². The molecule has 74 heavy (non-hydrogen) atoms. The van der Waals surface area contributed by atoms with E-state index in [0.717, 1.165) is 122 Å². The topological polar surface area (TPSA) is 182 Å². The number of hydrogen-bond acceptors (Lipinski definition) is 14. The van der Waals surface area contributed by atoms with Gasteiger partial charge in [0.2, 0.25) is 0 Å². The summed E-state index contributed by atoms with van der Waals surface area (Å²) >= 11 is 0. The lowest BCUT2D eigenvalue weighted by Gasteiger charge is -2.57. The molecule has 0 aromatic heterocycles. The number of fused-ring (bicyclic) bond motifs is 3. The Morgan fingerprint density at radius 1 is 0.284 bits per heavy atom. The number of hydrogen-bond donors (Lipinski definition) is 5. The fraction of sp³-hybridized carbons (Fsp3) is 1.00. The fourth-order valence-electron chi connectivity index (χ4n) is 10.5. The zero-order valence-corrected chi connectivity index (χ0v) is 56.8. The van der Waals surface area contributed by atoms with Gasteiger partial charge in [-0.1, -0.05) is 199 Å². The van der Waals surface area contributed by atoms with Crippen LogP contribution in [0.15, 0.2) is 0 Å². The van der Waals surface area contributed by atoms with Gasteiger partial charge < -0.3 is 62.5 Å². The van der Waals surface area contributed by atoms with Gasteiger partial charge in [-0.2, -0.15) is 0 Å². The van der Waals surface area contributed by atoms with Crippen LogP contribution in [0, 0.1) is 35.5 Å². The van der Waals surface area contributed by atoms with E-state index in [4.69, 9.17) is 42.8 Å². The summed E-state index contributed by atoms with van der Waals surface area (Å²) in [6.45, 7) is 28.8. The molecule has 0 amide bonds. The first-order valence-electron chi connectivity index (χ1n) is 30.8. The molecule has 3 fully saturated rings. The van der Waals surface area contributed by atoms with E-state index in [1.165, 1.54) is 0 Å². The van der Waals surface area contributed by atoms with Crippen molar-refractivity contribution in [2.75, 3.05) is 19.6 Å². The molecule has 0 aromatic rings. The Morgan fingerprint density at radius 2 is 0.500 bits per heavy atom. The monoisotopic (exact) mass is 1170 g/mol. The largest absolute Gasteiger partial charge is 0.483 e. The second-order valence-corrected chi connectivity index (χ2v) is 46.0. The summed E-state index contributed by atoms with van der Waals surface area (Å²) < 4.78 is 68.3. The molecule has 7 atom stereocenters. The van der Waals surface area contributed by atoms with Crippen LogP contribution in [0.1, 0.15) is 244 Å². The Balaban J connectivity index is 2.42. The minimum absolute atomic E-state index is 0.235. The minimum atomic E-state index is -4.42. The predicted octanol–water partition coefficient (Wildman–Crippen LogP) is 14.0. The third-order valence-corrected chi connectivity index (χ3v) is 44.0. The molecule has 14 nitrogen and oxygen atoms in total. The van der Waals surface area contributed by atoms with E-state index < -0.39 is 61.6 Å². The molecule has 0 radical (unpaired) electrons. The van der Waals surface area contributed by atoms with Gasteiger partial charge in [0, 0.05) is 55.4 Å². The van der Waals surface area contributed by atoms with Crippen LogP contribution in [0.4, 0.5) is 0 Å². The highest BCUT2D eigenvalue weighted by molar-refractivity contribution is 6.98. The average molecular weight is 1170 g/mol. The van der Waals surface area contributed by atoms with Crippen molar-refractivity contribution in [3.8, 4) is 0 Å². The summed E-state index contributed by atoms with van der Waals surface area (Å²) in [5.41, 5.74) is 5.95. The SMILES string of the molecule is CC(C)CCCCC[Si]1(O)O[Si]2(CCCNCCN)O[Si](O)(CCCCCC(C)C)O[Si@]3(CCCCCC(C)C)O[Si@](O)(CCCCCC(C)C)O[Si@](CCCCCC(C)C)(O1)O[Si@](CCCCCC(C)C)(O2)O3. The van der Waals surface area contributed by atoms with Gasteiger partial charge in [-0.15, -0.1) is 0 Å². The summed E-state index contributed by atoms with van der Waals surface area (Å²) in [7, 11) is -30.1. The first-order valence-corrected chi connectivity index (χ1v) is 44.5. The zero-order valence-electron chi connectivity index (χ0n) is 49.8. The smallest absolute Gasteiger partial charge is 0.391 e. The molecule has 3 aliphatic heterocycles. The maximum atomic E-state index is 13.6. The van der Waals surface area contributed by atoms with Gasteiger partial charge in [-0.25, -0.2) is 0 Å². The van der Waals surface area contributed by atoms with Crippen molar-refractivity contribution in [2.24, 2.45) is 41.2 Å². The van der Waals surface area contributed by atoms with E-state index in [2.05, 4.69) is 88.4 Å². The van der Waals surface area contributed by atoms with Gasteiger partial charge >= 0.3 is 61.6 Å². The molecule has 3 heterocycles. The first-order chi connectivity index (χ1) is 34.9. The van der Waals surface area contributed by atoms with Crippen LogP contribution in [0.2, 0.25) is 42.3 Å². The summed E-state index contributed by atoms with van der Waals surface area (Å²) in [4.78, 5) is 40.7. The van der Waals surface area contributed by atoms with Crippen molar-refractivity contribution in [3.05, 3.63) is 0 Å². The highest BCUT2D eigenvalue weighted by atomic mass is 28.6. The van der Waals surface area contributed by atoms with E-state index in [9.17, 15) is 14.4 Å². The van der Waals surface area contributed by atoms with E-state index in [-0.39, 0.29) is 24.2 Å². The minimum Gasteiger partial charge on any atom is -0.391 e. The Hall–Kier alpha value is 0.958. The van der Waals surface area contributed by atoms with Crippen molar-refractivity contribution in [1.82, 2.24) is 5.32 Å². The fourth-order valence-corrected chi connectivity index (χ4v) is 48.1. The summed E-state index contributed by atoms with van der Waals surface area (Å²) in [6.07, 6.45) is 22.7. The molecule has 3 rings (SSSR count). The molecule has 0 saturated carbocycles. The number of unbranched alkanes of at least 4 members (excludes halogenated alkanes) is 12. The van der Waals surface area contributed by atoms with Crippen LogP contribution < -0.4 is 11.1 Å². The molecule has 440 valence electrons. The Morgan fingerprint density at radius 3 is 0.730 bits per heavy atom. The van der Waals surface area contributed by atoms with Crippen LogP contribution in [0.25, 0.3) is 0 Å². The molecular formula is C53H118N2O12Si7. The summed E-state index contributed by atoms with van der Waals surface area (Å²) in [6, 6.07) is 2.13. The number of nitrogens with one attached hydrogen (secondary N) is 1. The number of rotatable bonds is 42. The van der Waals surface area contributed by atoms with Crippen LogP contribution in [0.5, 0.6) is 0 Å². The molecule has 0 spiro atoms. The van der Waals surface area contributed by atoms with Crippen molar-refractivity contribution in [2.45, 2.75) is 286 Å². The maximum Gasteiger partial charge on any atom is 0.483 e. The molecule has 4 bridgehead atoms. The van der Waals surface area contributed by atoms with E-state index in [1.54, 1.807) is 0 Å². The molecule has 3 aliphatic rings.